The molecule has 0 saturated carbocycles. The third-order valence-corrected chi connectivity index (χ3v) is 5.20. The number of carbonyl (C=O) groups is 1. The fourth-order valence-electron chi connectivity index (χ4n) is 3.02. The predicted octanol–water partition coefficient (Wildman–Crippen LogP) is 2.48. The van der Waals surface area contributed by atoms with Gasteiger partial charge in [-0.2, -0.15) is 10.4 Å². The van der Waals surface area contributed by atoms with Crippen LogP contribution < -0.4 is 4.74 Å². The Morgan fingerprint density at radius 1 is 1.41 bits per heavy atom. The molecule has 0 aliphatic carbocycles. The van der Waals surface area contributed by atoms with Gasteiger partial charge in [-0.25, -0.2) is 9.97 Å². The first-order chi connectivity index (χ1) is 13.2. The monoisotopic (exact) mass is 380 g/mol. The van der Waals surface area contributed by atoms with Gasteiger partial charge in [0.1, 0.15) is 12.2 Å². The molecule has 0 aromatic carbocycles. The van der Waals surface area contributed by atoms with Gasteiger partial charge in [-0.3, -0.25) is 9.89 Å². The van der Waals surface area contributed by atoms with Crippen molar-refractivity contribution < 1.29 is 9.53 Å². The Kier molecular flexibility index (Phi) is 4.80. The highest BCUT2D eigenvalue weighted by Gasteiger charge is 2.28. The number of piperidine rings is 1. The quantitative estimate of drug-likeness (QED) is 0.745. The van der Waals surface area contributed by atoms with Gasteiger partial charge in [0.2, 0.25) is 5.69 Å². The maximum atomic E-state index is 12.8. The van der Waals surface area contributed by atoms with E-state index in [0.29, 0.717) is 18.8 Å². The lowest BCUT2D eigenvalue weighted by atomic mass is 10.1. The second-order valence-corrected chi connectivity index (χ2v) is 7.05. The number of thiophene rings is 1. The summed E-state index contributed by atoms with van der Waals surface area (Å²) >= 11 is 1.59. The number of ether oxygens (including phenoxy) is 1. The summed E-state index contributed by atoms with van der Waals surface area (Å²) in [5.74, 6) is 0.0704. The minimum Gasteiger partial charge on any atom is -0.470 e. The van der Waals surface area contributed by atoms with E-state index < -0.39 is 0 Å². The van der Waals surface area contributed by atoms with Crippen LogP contribution >= 0.6 is 11.3 Å². The Labute approximate surface area is 159 Å². The van der Waals surface area contributed by atoms with E-state index in [1.807, 2.05) is 23.6 Å². The van der Waals surface area contributed by atoms with Crippen LogP contribution in [0.5, 0.6) is 5.88 Å². The standard InChI is InChI=1S/C18H16N6O2S/c19-10-15-17(21-6-5-20-15)26-12-3-1-7-24(11-12)18(25)14-9-13(22-23-14)16-4-2-8-27-16/h2,4-6,8-9,12H,1,3,7,11H2,(H,22,23). The summed E-state index contributed by atoms with van der Waals surface area (Å²) < 4.78 is 5.84. The minimum absolute atomic E-state index is 0.137. The van der Waals surface area contributed by atoms with Crippen molar-refractivity contribution in [2.75, 3.05) is 13.1 Å². The van der Waals surface area contributed by atoms with Crippen molar-refractivity contribution >= 4 is 17.2 Å². The number of hydrogen-bond acceptors (Lipinski definition) is 7. The Balaban J connectivity index is 1.45. The Bertz CT molecular complexity index is 978. The van der Waals surface area contributed by atoms with Crippen molar-refractivity contribution in [2.45, 2.75) is 18.9 Å². The average molecular weight is 380 g/mol. The van der Waals surface area contributed by atoms with E-state index in [1.54, 1.807) is 22.3 Å². The van der Waals surface area contributed by atoms with E-state index in [1.165, 1.54) is 12.4 Å². The van der Waals surface area contributed by atoms with Gasteiger partial charge in [0.25, 0.3) is 11.8 Å². The number of carbonyl (C=O) groups excluding carboxylic acids is 1. The molecule has 1 N–H and O–H groups in total. The van der Waals surface area contributed by atoms with Crippen LogP contribution in [0.1, 0.15) is 29.0 Å². The van der Waals surface area contributed by atoms with Gasteiger partial charge in [0.15, 0.2) is 5.69 Å². The van der Waals surface area contributed by atoms with Crippen molar-refractivity contribution in [3.05, 3.63) is 47.4 Å². The maximum Gasteiger partial charge on any atom is 0.274 e. The zero-order valence-corrected chi connectivity index (χ0v) is 15.1. The highest BCUT2D eigenvalue weighted by molar-refractivity contribution is 7.13. The normalized spacial score (nSPS) is 16.7. The van der Waals surface area contributed by atoms with Crippen molar-refractivity contribution in [1.82, 2.24) is 25.1 Å². The molecule has 0 radical (unpaired) electrons. The molecule has 3 aromatic rings. The summed E-state index contributed by atoms with van der Waals surface area (Å²) in [7, 11) is 0. The van der Waals surface area contributed by atoms with Gasteiger partial charge in [0, 0.05) is 18.9 Å². The largest absolute Gasteiger partial charge is 0.470 e. The number of aromatic amines is 1. The Morgan fingerprint density at radius 3 is 3.11 bits per heavy atom. The van der Waals surface area contributed by atoms with E-state index in [9.17, 15) is 4.79 Å². The van der Waals surface area contributed by atoms with Gasteiger partial charge in [0.05, 0.1) is 17.1 Å². The lowest BCUT2D eigenvalue weighted by Gasteiger charge is -2.32. The molecular weight excluding hydrogens is 364 g/mol. The molecule has 1 aliphatic rings. The molecule has 9 heteroatoms. The molecule has 27 heavy (non-hydrogen) atoms. The van der Waals surface area contributed by atoms with Crippen LogP contribution in [0.2, 0.25) is 0 Å². The van der Waals surface area contributed by atoms with Crippen LogP contribution in [0.25, 0.3) is 10.6 Å². The molecule has 4 heterocycles. The zero-order chi connectivity index (χ0) is 18.6. The molecule has 1 saturated heterocycles. The number of amides is 1. The lowest BCUT2D eigenvalue weighted by molar-refractivity contribution is 0.0521. The van der Waals surface area contributed by atoms with Crippen molar-refractivity contribution in [2.24, 2.45) is 0 Å². The second-order valence-electron chi connectivity index (χ2n) is 6.10. The van der Waals surface area contributed by atoms with E-state index in [-0.39, 0.29) is 23.6 Å². The van der Waals surface area contributed by atoms with Gasteiger partial charge in [-0.1, -0.05) is 6.07 Å². The molecule has 136 valence electrons. The summed E-state index contributed by atoms with van der Waals surface area (Å²) in [6.07, 6.45) is 4.29. The Hall–Kier alpha value is -3.25. The maximum absolute atomic E-state index is 12.8. The number of rotatable bonds is 4. The molecule has 8 nitrogen and oxygen atoms in total. The molecule has 1 amide bonds. The molecule has 1 atom stereocenters. The van der Waals surface area contributed by atoms with Gasteiger partial charge >= 0.3 is 0 Å². The minimum atomic E-state index is -0.234. The fraction of sp³-hybridized carbons (Fsp3) is 0.278. The predicted molar refractivity (Wildman–Crippen MR) is 98.2 cm³/mol. The van der Waals surface area contributed by atoms with E-state index in [4.69, 9.17) is 10.00 Å². The fourth-order valence-corrected chi connectivity index (χ4v) is 3.71. The number of nitriles is 1. The number of H-pyrrole nitrogens is 1. The summed E-state index contributed by atoms with van der Waals surface area (Å²) in [5, 5.41) is 18.2. The third-order valence-electron chi connectivity index (χ3n) is 4.30. The average Bonchev–Trinajstić information content (AvgIpc) is 3.40. The highest BCUT2D eigenvalue weighted by atomic mass is 32.1. The number of nitrogens with one attached hydrogen (secondary N) is 1. The topological polar surface area (TPSA) is 108 Å². The van der Waals surface area contributed by atoms with Crippen LogP contribution in [-0.2, 0) is 0 Å². The smallest absolute Gasteiger partial charge is 0.274 e. The summed E-state index contributed by atoms with van der Waals surface area (Å²) in [6, 6.07) is 7.67. The van der Waals surface area contributed by atoms with Crippen LogP contribution in [0.4, 0.5) is 0 Å². The van der Waals surface area contributed by atoms with Crippen molar-refractivity contribution in [3.63, 3.8) is 0 Å². The van der Waals surface area contributed by atoms with E-state index in [0.717, 1.165) is 23.4 Å². The molecule has 1 fully saturated rings. The second kappa shape index (κ2) is 7.55. The molecule has 3 aromatic heterocycles. The third kappa shape index (κ3) is 3.66. The van der Waals surface area contributed by atoms with E-state index >= 15 is 0 Å². The molecular formula is C18H16N6O2S. The van der Waals surface area contributed by atoms with Crippen LogP contribution in [0.15, 0.2) is 36.0 Å². The summed E-state index contributed by atoms with van der Waals surface area (Å²) in [5.41, 5.74) is 1.36. The van der Waals surface area contributed by atoms with Crippen molar-refractivity contribution in [3.8, 4) is 22.5 Å². The van der Waals surface area contributed by atoms with Crippen LogP contribution in [-0.4, -0.2) is 50.2 Å². The molecule has 1 unspecified atom stereocenters. The SMILES string of the molecule is N#Cc1nccnc1OC1CCCN(C(=O)c2cc(-c3cccs3)[nH]n2)C1. The zero-order valence-electron chi connectivity index (χ0n) is 14.3. The van der Waals surface area contributed by atoms with Crippen LogP contribution in [0, 0.1) is 11.3 Å². The van der Waals surface area contributed by atoms with Crippen LogP contribution in [0.3, 0.4) is 0 Å². The molecule has 0 spiro atoms. The number of hydrogen-bond donors (Lipinski definition) is 1. The molecule has 1 aliphatic heterocycles. The Morgan fingerprint density at radius 2 is 2.30 bits per heavy atom. The molecule has 0 bridgehead atoms. The van der Waals surface area contributed by atoms with Gasteiger partial charge < -0.3 is 9.64 Å². The number of aromatic nitrogens is 4. The summed E-state index contributed by atoms with van der Waals surface area (Å²) in [4.78, 5) is 23.6. The molecule has 4 rings (SSSR count). The summed E-state index contributed by atoms with van der Waals surface area (Å²) in [6.45, 7) is 1.06. The first-order valence-corrected chi connectivity index (χ1v) is 9.39. The first kappa shape index (κ1) is 17.2. The first-order valence-electron chi connectivity index (χ1n) is 8.51. The van der Waals surface area contributed by atoms with E-state index in [2.05, 4.69) is 20.2 Å². The van der Waals surface area contributed by atoms with Gasteiger partial charge in [-0.05, 0) is 30.4 Å². The number of nitrogens with zero attached hydrogens (tertiary/aromatic N) is 5. The highest BCUT2D eigenvalue weighted by Crippen LogP contribution is 2.24. The lowest BCUT2D eigenvalue weighted by Crippen LogP contribution is -2.44. The van der Waals surface area contributed by atoms with Gasteiger partial charge in [-0.15, -0.1) is 11.3 Å². The number of likely N-dealkylation sites (tertiary alicyclic amines) is 1. The van der Waals surface area contributed by atoms with Crippen molar-refractivity contribution in [1.29, 1.82) is 5.26 Å².